The van der Waals surface area contributed by atoms with Gasteiger partial charge in [0.25, 0.3) is 0 Å². The molecule has 2 aromatic heterocycles. The summed E-state index contributed by atoms with van der Waals surface area (Å²) in [4.78, 5) is 7.22. The summed E-state index contributed by atoms with van der Waals surface area (Å²) in [6.07, 6.45) is 3.92. The molecular weight excluding hydrogens is 282 g/mol. The van der Waals surface area contributed by atoms with Crippen molar-refractivity contribution in [3.63, 3.8) is 0 Å². The summed E-state index contributed by atoms with van der Waals surface area (Å²) in [5.41, 5.74) is 1.18. The van der Waals surface area contributed by atoms with E-state index in [-0.39, 0.29) is 0 Å². The van der Waals surface area contributed by atoms with Crippen LogP contribution in [-0.2, 0) is 13.1 Å². The van der Waals surface area contributed by atoms with Crippen LogP contribution in [0.5, 0.6) is 0 Å². The number of hydrogen-bond acceptors (Lipinski definition) is 3. The van der Waals surface area contributed by atoms with Crippen molar-refractivity contribution in [1.29, 1.82) is 0 Å². The van der Waals surface area contributed by atoms with Crippen LogP contribution in [0.15, 0.2) is 29.5 Å². The van der Waals surface area contributed by atoms with Gasteiger partial charge in [-0.15, -0.1) is 11.3 Å². The molecular formula is C15H23N5S. The molecule has 2 rings (SSSR count). The summed E-state index contributed by atoms with van der Waals surface area (Å²) in [7, 11) is 0. The van der Waals surface area contributed by atoms with Crippen LogP contribution in [0.3, 0.4) is 0 Å². The first-order valence-electron chi connectivity index (χ1n) is 7.24. The molecule has 0 spiro atoms. The Hall–Kier alpha value is -1.82. The highest BCUT2D eigenvalue weighted by molar-refractivity contribution is 7.11. The van der Waals surface area contributed by atoms with E-state index in [0.717, 1.165) is 25.6 Å². The maximum absolute atomic E-state index is 4.61. The molecule has 6 heteroatoms. The first-order chi connectivity index (χ1) is 10.2. The normalized spacial score (nSPS) is 11.7. The summed E-state index contributed by atoms with van der Waals surface area (Å²) in [6, 6.07) is 4.27. The summed E-state index contributed by atoms with van der Waals surface area (Å²) in [6.45, 7) is 9.44. The highest BCUT2D eigenvalue weighted by Gasteiger charge is 2.00. The Morgan fingerprint density at radius 1 is 1.33 bits per heavy atom. The van der Waals surface area contributed by atoms with Gasteiger partial charge in [-0.2, -0.15) is 5.10 Å². The third-order valence-electron chi connectivity index (χ3n) is 2.93. The van der Waals surface area contributed by atoms with Gasteiger partial charge in [0.05, 0.1) is 19.3 Å². The summed E-state index contributed by atoms with van der Waals surface area (Å²) in [5, 5.41) is 10.9. The smallest absolute Gasteiger partial charge is 0.191 e. The third-order valence-corrected chi connectivity index (χ3v) is 3.91. The first-order valence-corrected chi connectivity index (χ1v) is 8.05. The van der Waals surface area contributed by atoms with Gasteiger partial charge in [0, 0.05) is 29.0 Å². The molecule has 5 nitrogen and oxygen atoms in total. The Labute approximate surface area is 130 Å². The Morgan fingerprint density at radius 3 is 2.81 bits per heavy atom. The lowest BCUT2D eigenvalue weighted by Crippen LogP contribution is -2.38. The molecule has 0 aliphatic carbocycles. The molecule has 114 valence electrons. The van der Waals surface area contributed by atoms with Gasteiger partial charge >= 0.3 is 0 Å². The highest BCUT2D eigenvalue weighted by Crippen LogP contribution is 2.15. The minimum absolute atomic E-state index is 0.717. The standard InChI is InChI=1S/C15H23N5S/c1-4-16-15(18-10-14-6-5-13(3)21-14)17-7-8-20-11-12(2)9-19-20/h5-6,9,11H,4,7-8,10H2,1-3H3,(H2,16,17,18). The maximum Gasteiger partial charge on any atom is 0.191 e. The van der Waals surface area contributed by atoms with E-state index in [9.17, 15) is 0 Å². The molecule has 0 radical (unpaired) electrons. The average molecular weight is 305 g/mol. The zero-order chi connectivity index (χ0) is 15.1. The van der Waals surface area contributed by atoms with Crippen LogP contribution < -0.4 is 10.6 Å². The molecule has 2 N–H and O–H groups in total. The van der Waals surface area contributed by atoms with Crippen LogP contribution in [0.25, 0.3) is 0 Å². The molecule has 0 aliphatic heterocycles. The van der Waals surface area contributed by atoms with E-state index in [1.54, 1.807) is 11.3 Å². The number of aromatic nitrogens is 2. The van der Waals surface area contributed by atoms with Crippen molar-refractivity contribution in [2.45, 2.75) is 33.9 Å². The van der Waals surface area contributed by atoms with Crippen molar-refractivity contribution >= 4 is 17.3 Å². The predicted octanol–water partition coefficient (Wildman–Crippen LogP) is 2.32. The van der Waals surface area contributed by atoms with Gasteiger partial charge in [-0.25, -0.2) is 4.99 Å². The van der Waals surface area contributed by atoms with Crippen LogP contribution >= 0.6 is 11.3 Å². The number of hydrogen-bond donors (Lipinski definition) is 2. The SMILES string of the molecule is CCNC(=NCc1ccc(C)s1)NCCn1cc(C)cn1. The fourth-order valence-corrected chi connectivity index (χ4v) is 2.76. The monoisotopic (exact) mass is 305 g/mol. The molecule has 21 heavy (non-hydrogen) atoms. The average Bonchev–Trinajstić information content (AvgIpc) is 3.05. The summed E-state index contributed by atoms with van der Waals surface area (Å²) in [5.74, 6) is 0.854. The Morgan fingerprint density at radius 2 is 2.19 bits per heavy atom. The van der Waals surface area contributed by atoms with Gasteiger partial charge in [-0.05, 0) is 38.5 Å². The molecule has 0 bridgehead atoms. The van der Waals surface area contributed by atoms with Crippen molar-refractivity contribution in [1.82, 2.24) is 20.4 Å². The second-order valence-corrected chi connectivity index (χ2v) is 6.29. The second kappa shape index (κ2) is 7.83. The molecule has 2 heterocycles. The number of aryl methyl sites for hydroxylation is 2. The van der Waals surface area contributed by atoms with Crippen molar-refractivity contribution in [3.05, 3.63) is 39.8 Å². The highest BCUT2D eigenvalue weighted by atomic mass is 32.1. The van der Waals surface area contributed by atoms with Gasteiger partial charge in [-0.3, -0.25) is 4.68 Å². The topological polar surface area (TPSA) is 54.2 Å². The zero-order valence-electron chi connectivity index (χ0n) is 12.9. The van der Waals surface area contributed by atoms with E-state index in [0.29, 0.717) is 6.54 Å². The number of aliphatic imine (C=N–C) groups is 1. The van der Waals surface area contributed by atoms with Crippen LogP contribution in [0, 0.1) is 13.8 Å². The van der Waals surface area contributed by atoms with Crippen molar-refractivity contribution < 1.29 is 0 Å². The third kappa shape index (κ3) is 5.23. The second-order valence-electron chi connectivity index (χ2n) is 4.92. The largest absolute Gasteiger partial charge is 0.357 e. The molecule has 0 saturated heterocycles. The van der Waals surface area contributed by atoms with E-state index < -0.39 is 0 Å². The molecule has 0 aromatic carbocycles. The molecule has 0 aliphatic rings. The van der Waals surface area contributed by atoms with E-state index in [1.807, 2.05) is 24.0 Å². The lowest BCUT2D eigenvalue weighted by molar-refractivity contribution is 0.597. The molecule has 0 unspecified atom stereocenters. The quantitative estimate of drug-likeness (QED) is 0.636. The number of nitrogens with one attached hydrogen (secondary N) is 2. The minimum atomic E-state index is 0.717. The van der Waals surface area contributed by atoms with E-state index >= 15 is 0 Å². The van der Waals surface area contributed by atoms with Crippen molar-refractivity contribution in [3.8, 4) is 0 Å². The number of rotatable bonds is 6. The number of thiophene rings is 1. The molecule has 0 saturated carbocycles. The molecule has 0 atom stereocenters. The van der Waals surface area contributed by atoms with Gasteiger partial charge < -0.3 is 10.6 Å². The van der Waals surface area contributed by atoms with Crippen molar-refractivity contribution in [2.24, 2.45) is 4.99 Å². The van der Waals surface area contributed by atoms with Gasteiger partial charge in [0.2, 0.25) is 0 Å². The molecule has 0 amide bonds. The van der Waals surface area contributed by atoms with Crippen LogP contribution in [0.2, 0.25) is 0 Å². The Bertz CT molecular complexity index is 584. The Kier molecular flexibility index (Phi) is 5.80. The van der Waals surface area contributed by atoms with Crippen LogP contribution in [0.4, 0.5) is 0 Å². The number of nitrogens with zero attached hydrogens (tertiary/aromatic N) is 3. The molecule has 2 aromatic rings. The van der Waals surface area contributed by atoms with E-state index in [2.05, 4.69) is 46.7 Å². The molecule has 0 fully saturated rings. The van der Waals surface area contributed by atoms with Crippen LogP contribution in [-0.4, -0.2) is 28.8 Å². The van der Waals surface area contributed by atoms with E-state index in [4.69, 9.17) is 0 Å². The lowest BCUT2D eigenvalue weighted by atomic mass is 10.4. The zero-order valence-corrected chi connectivity index (χ0v) is 13.7. The van der Waals surface area contributed by atoms with Crippen molar-refractivity contribution in [2.75, 3.05) is 13.1 Å². The van der Waals surface area contributed by atoms with Gasteiger partial charge in [0.15, 0.2) is 5.96 Å². The van der Waals surface area contributed by atoms with Crippen LogP contribution in [0.1, 0.15) is 22.2 Å². The maximum atomic E-state index is 4.61. The fourth-order valence-electron chi connectivity index (χ4n) is 1.95. The van der Waals surface area contributed by atoms with Gasteiger partial charge in [0.1, 0.15) is 0 Å². The number of guanidine groups is 1. The summed E-state index contributed by atoms with van der Waals surface area (Å²) < 4.78 is 1.94. The first kappa shape index (κ1) is 15.6. The lowest BCUT2D eigenvalue weighted by Gasteiger charge is -2.11. The predicted molar refractivity (Wildman–Crippen MR) is 88.8 cm³/mol. The summed E-state index contributed by atoms with van der Waals surface area (Å²) >= 11 is 1.79. The Balaban J connectivity index is 1.83. The van der Waals surface area contributed by atoms with Gasteiger partial charge in [-0.1, -0.05) is 0 Å². The minimum Gasteiger partial charge on any atom is -0.357 e. The fraction of sp³-hybridized carbons (Fsp3) is 0.467. The van der Waals surface area contributed by atoms with E-state index in [1.165, 1.54) is 15.3 Å².